The number of halogens is 1. The molecule has 1 fully saturated rings. The van der Waals surface area contributed by atoms with E-state index in [4.69, 9.17) is 20.8 Å². The quantitative estimate of drug-likeness (QED) is 0.425. The van der Waals surface area contributed by atoms with Crippen molar-refractivity contribution in [2.45, 2.75) is 19.5 Å². The second kappa shape index (κ2) is 10.4. The number of furan rings is 1. The minimum absolute atomic E-state index is 0.0564. The van der Waals surface area contributed by atoms with Crippen molar-refractivity contribution in [3.8, 4) is 5.82 Å². The van der Waals surface area contributed by atoms with Gasteiger partial charge in [0.15, 0.2) is 5.43 Å². The molecular formula is C26H25ClN4O4. The Bertz CT molecular complexity index is 1380. The Morgan fingerprint density at radius 2 is 1.91 bits per heavy atom. The molecule has 0 radical (unpaired) electrons. The summed E-state index contributed by atoms with van der Waals surface area (Å²) < 4.78 is 13.3. The van der Waals surface area contributed by atoms with Crippen LogP contribution in [0.25, 0.3) is 16.9 Å². The van der Waals surface area contributed by atoms with Gasteiger partial charge in [-0.2, -0.15) is 0 Å². The number of carbonyl (C=O) groups excluding carboxylic acids is 1. The molecule has 3 aromatic heterocycles. The first kappa shape index (κ1) is 23.3. The van der Waals surface area contributed by atoms with E-state index in [0.717, 1.165) is 18.7 Å². The molecule has 1 aliphatic heterocycles. The number of nitrogens with zero attached hydrogens (tertiary/aromatic N) is 3. The highest BCUT2D eigenvalue weighted by atomic mass is 35.5. The van der Waals surface area contributed by atoms with E-state index < -0.39 is 0 Å². The van der Waals surface area contributed by atoms with E-state index in [1.54, 1.807) is 35.2 Å². The fourth-order valence-corrected chi connectivity index (χ4v) is 4.23. The largest absolute Gasteiger partial charge is 0.443 e. The van der Waals surface area contributed by atoms with Gasteiger partial charge in [0.1, 0.15) is 11.6 Å². The predicted molar refractivity (Wildman–Crippen MR) is 133 cm³/mol. The molecule has 0 atom stereocenters. The van der Waals surface area contributed by atoms with E-state index in [1.165, 1.54) is 0 Å². The summed E-state index contributed by atoms with van der Waals surface area (Å²) in [6, 6.07) is 14.5. The minimum atomic E-state index is -0.249. The van der Waals surface area contributed by atoms with Crippen LogP contribution in [0.3, 0.4) is 0 Å². The van der Waals surface area contributed by atoms with Gasteiger partial charge in [-0.3, -0.25) is 19.1 Å². The van der Waals surface area contributed by atoms with Crippen molar-refractivity contribution in [2.75, 3.05) is 26.3 Å². The number of fused-ring (bicyclic) bond motifs is 1. The normalized spacial score (nSPS) is 14.3. The molecule has 1 aliphatic rings. The van der Waals surface area contributed by atoms with Crippen LogP contribution in [0.1, 0.15) is 16.9 Å². The van der Waals surface area contributed by atoms with Crippen molar-refractivity contribution < 1.29 is 13.9 Å². The summed E-state index contributed by atoms with van der Waals surface area (Å²) in [5.74, 6) is 1.04. The first-order valence-corrected chi connectivity index (χ1v) is 11.8. The second-order valence-electron chi connectivity index (χ2n) is 8.44. The molecule has 0 spiro atoms. The van der Waals surface area contributed by atoms with E-state index in [9.17, 15) is 9.59 Å². The van der Waals surface area contributed by atoms with Gasteiger partial charge in [-0.05, 0) is 35.9 Å². The van der Waals surface area contributed by atoms with Gasteiger partial charge >= 0.3 is 0 Å². The lowest BCUT2D eigenvalue weighted by Crippen LogP contribution is -2.35. The summed E-state index contributed by atoms with van der Waals surface area (Å²) in [5.41, 5.74) is 1.50. The molecule has 1 saturated heterocycles. The molecule has 180 valence electrons. The van der Waals surface area contributed by atoms with Gasteiger partial charge in [0.2, 0.25) is 11.6 Å². The summed E-state index contributed by atoms with van der Waals surface area (Å²) in [5, 5.41) is 3.94. The highest BCUT2D eigenvalue weighted by Gasteiger charge is 2.20. The fraction of sp³-hybridized carbons (Fsp3) is 0.269. The van der Waals surface area contributed by atoms with Crippen LogP contribution in [0, 0.1) is 0 Å². The van der Waals surface area contributed by atoms with Gasteiger partial charge in [-0.25, -0.2) is 4.98 Å². The van der Waals surface area contributed by atoms with Crippen LogP contribution in [0.5, 0.6) is 0 Å². The number of benzene rings is 1. The summed E-state index contributed by atoms with van der Waals surface area (Å²) >= 11 is 5.92. The van der Waals surface area contributed by atoms with Crippen LogP contribution in [0.4, 0.5) is 0 Å². The molecule has 4 heterocycles. The minimum Gasteiger partial charge on any atom is -0.443 e. The lowest BCUT2D eigenvalue weighted by molar-refractivity contribution is -0.120. The summed E-state index contributed by atoms with van der Waals surface area (Å²) in [6.07, 6.45) is 3.27. The standard InChI is InChI=1S/C26H25ClN4O4/c27-20-6-4-18(5-7-20)15-29-24(32)13-19-16-31(23-3-1-2-8-28-23)26-22(25(19)33)14-21(35-26)17-30-9-11-34-12-10-30/h1-8,14,16H,9-13,15,17H2,(H,29,32). The Morgan fingerprint density at radius 1 is 1.11 bits per heavy atom. The molecule has 9 heteroatoms. The zero-order valence-electron chi connectivity index (χ0n) is 19.1. The second-order valence-corrected chi connectivity index (χ2v) is 8.88. The number of carbonyl (C=O) groups is 1. The SMILES string of the molecule is O=C(Cc1cn(-c2ccccn2)c2oc(CN3CCOCC3)cc2c1=O)NCc1ccc(Cl)cc1. The number of ether oxygens (including phenoxy) is 1. The van der Waals surface area contributed by atoms with Crippen molar-refractivity contribution in [3.05, 3.63) is 93.1 Å². The van der Waals surface area contributed by atoms with E-state index >= 15 is 0 Å². The number of aromatic nitrogens is 2. The van der Waals surface area contributed by atoms with Crippen LogP contribution in [-0.2, 0) is 29.0 Å². The molecule has 1 aromatic carbocycles. The Balaban J connectivity index is 1.43. The van der Waals surface area contributed by atoms with Crippen molar-refractivity contribution >= 4 is 28.6 Å². The third-order valence-electron chi connectivity index (χ3n) is 5.94. The van der Waals surface area contributed by atoms with Crippen LogP contribution in [-0.4, -0.2) is 46.7 Å². The van der Waals surface area contributed by atoms with Gasteiger partial charge in [-0.1, -0.05) is 29.8 Å². The maximum absolute atomic E-state index is 13.3. The topological polar surface area (TPSA) is 89.6 Å². The third-order valence-corrected chi connectivity index (χ3v) is 6.19. The molecule has 0 saturated carbocycles. The molecular weight excluding hydrogens is 468 g/mol. The van der Waals surface area contributed by atoms with E-state index in [1.807, 2.05) is 30.3 Å². The Kier molecular flexibility index (Phi) is 6.94. The average molecular weight is 493 g/mol. The number of morpholine rings is 1. The summed E-state index contributed by atoms with van der Waals surface area (Å²) in [6.45, 7) is 3.90. The monoisotopic (exact) mass is 492 g/mol. The van der Waals surface area contributed by atoms with Gasteiger partial charge < -0.3 is 14.5 Å². The van der Waals surface area contributed by atoms with Crippen molar-refractivity contribution in [1.29, 1.82) is 0 Å². The Hall–Kier alpha value is -3.46. The van der Waals surface area contributed by atoms with Crippen LogP contribution in [0.15, 0.2) is 70.1 Å². The van der Waals surface area contributed by atoms with Crippen LogP contribution >= 0.6 is 11.6 Å². The smallest absolute Gasteiger partial charge is 0.224 e. The third kappa shape index (κ3) is 5.45. The summed E-state index contributed by atoms with van der Waals surface area (Å²) in [4.78, 5) is 32.7. The van der Waals surface area contributed by atoms with E-state index in [0.29, 0.717) is 59.6 Å². The molecule has 4 aromatic rings. The van der Waals surface area contributed by atoms with Gasteiger partial charge in [-0.15, -0.1) is 0 Å². The number of hydrogen-bond acceptors (Lipinski definition) is 6. The highest BCUT2D eigenvalue weighted by molar-refractivity contribution is 6.30. The van der Waals surface area contributed by atoms with E-state index in [2.05, 4.69) is 15.2 Å². The molecule has 35 heavy (non-hydrogen) atoms. The summed E-state index contributed by atoms with van der Waals surface area (Å²) in [7, 11) is 0. The van der Waals surface area contributed by atoms with E-state index in [-0.39, 0.29) is 17.8 Å². The molecule has 0 unspecified atom stereocenters. The maximum atomic E-state index is 13.3. The lowest BCUT2D eigenvalue weighted by Gasteiger charge is -2.25. The molecule has 1 N–H and O–H groups in total. The maximum Gasteiger partial charge on any atom is 0.224 e. The van der Waals surface area contributed by atoms with Crippen LogP contribution < -0.4 is 10.7 Å². The Morgan fingerprint density at radius 3 is 2.66 bits per heavy atom. The number of rotatable bonds is 7. The van der Waals surface area contributed by atoms with Crippen molar-refractivity contribution in [2.24, 2.45) is 0 Å². The number of nitrogens with one attached hydrogen (secondary N) is 1. The van der Waals surface area contributed by atoms with Crippen LogP contribution in [0.2, 0.25) is 5.02 Å². The molecule has 5 rings (SSSR count). The molecule has 0 aliphatic carbocycles. The van der Waals surface area contributed by atoms with Gasteiger partial charge in [0.25, 0.3) is 0 Å². The Labute approximate surface area is 207 Å². The zero-order valence-corrected chi connectivity index (χ0v) is 19.8. The number of pyridine rings is 2. The highest BCUT2D eigenvalue weighted by Crippen LogP contribution is 2.22. The first-order valence-electron chi connectivity index (χ1n) is 11.5. The van der Waals surface area contributed by atoms with Gasteiger partial charge in [0.05, 0.1) is 31.6 Å². The molecule has 0 bridgehead atoms. The van der Waals surface area contributed by atoms with Gasteiger partial charge in [0, 0.05) is 42.6 Å². The van der Waals surface area contributed by atoms with Crippen molar-refractivity contribution in [1.82, 2.24) is 19.8 Å². The molecule has 1 amide bonds. The predicted octanol–water partition coefficient (Wildman–Crippen LogP) is 3.32. The first-order chi connectivity index (χ1) is 17.1. The molecule has 8 nitrogen and oxygen atoms in total. The average Bonchev–Trinajstić information content (AvgIpc) is 3.30. The number of hydrogen-bond donors (Lipinski definition) is 1. The fourth-order valence-electron chi connectivity index (χ4n) is 4.11. The number of amides is 1. The zero-order chi connectivity index (χ0) is 24.2. The van der Waals surface area contributed by atoms with Crippen molar-refractivity contribution in [3.63, 3.8) is 0 Å². The lowest BCUT2D eigenvalue weighted by atomic mass is 10.1.